The van der Waals surface area contributed by atoms with Crippen molar-refractivity contribution in [3.05, 3.63) is 17.7 Å². The molecule has 0 saturated heterocycles. The quantitative estimate of drug-likeness (QED) is 0.627. The third-order valence-electron chi connectivity index (χ3n) is 1.54. The Labute approximate surface area is 60.6 Å². The minimum Gasteiger partial charge on any atom is -0.557 e. The smallest absolute Gasteiger partial charge is 0.185 e. The highest BCUT2D eigenvalue weighted by Gasteiger charge is 2.04. The van der Waals surface area contributed by atoms with Gasteiger partial charge in [0, 0.05) is 12.2 Å². The molecule has 0 aliphatic carbocycles. The maximum absolute atomic E-state index is 5.32. The zero-order valence-electron chi connectivity index (χ0n) is 6.24. The van der Waals surface area contributed by atoms with Crippen LogP contribution < -0.4 is 5.73 Å². The number of nitrogens with zero attached hydrogens (tertiary/aromatic N) is 2. The predicted octanol–water partition coefficient (Wildman–Crippen LogP) is 1.08. The van der Waals surface area contributed by atoms with Gasteiger partial charge in [-0.1, -0.05) is 6.92 Å². The van der Waals surface area contributed by atoms with E-state index in [1.54, 1.807) is 11.2 Å². The summed E-state index contributed by atoms with van der Waals surface area (Å²) in [4.78, 5) is 4.68. The topological polar surface area (TPSA) is 52.6 Å². The van der Waals surface area contributed by atoms with Gasteiger partial charge in [-0.2, -0.15) is 0 Å². The molecule has 4 heteroatoms. The summed E-state index contributed by atoms with van der Waals surface area (Å²) in [6, 6.07) is 0.362. The second-order valence-corrected chi connectivity index (χ2v) is 2.34. The van der Waals surface area contributed by atoms with E-state index in [1.807, 2.05) is 0 Å². The highest BCUT2D eigenvalue weighted by molar-refractivity contribution is 4.98. The van der Waals surface area contributed by atoms with Gasteiger partial charge in [-0.25, -0.2) is 0 Å². The standard InChI is InChI=1S/C6H12N3O/c1-3-5(2)9-4-6(7)10-8-9/h4-5H,3,7H2,1-2H3/q-1. The number of hydrogen-bond acceptors (Lipinski definition) is 3. The summed E-state index contributed by atoms with van der Waals surface area (Å²) in [5.41, 5.74) is 9.02. The molecule has 1 aliphatic heterocycles. The molecule has 0 fully saturated rings. The Kier molecular flexibility index (Phi) is 2.01. The Morgan fingerprint density at radius 1 is 1.90 bits per heavy atom. The third kappa shape index (κ3) is 1.33. The monoisotopic (exact) mass is 142 g/mol. The molecule has 0 aromatic heterocycles. The van der Waals surface area contributed by atoms with Crippen molar-refractivity contribution in [2.45, 2.75) is 26.3 Å². The molecule has 0 amide bonds. The first-order valence-electron chi connectivity index (χ1n) is 3.37. The lowest BCUT2D eigenvalue weighted by Crippen LogP contribution is -2.20. The fraction of sp³-hybridized carbons (Fsp3) is 0.667. The second-order valence-electron chi connectivity index (χ2n) is 2.34. The molecule has 0 spiro atoms. The van der Waals surface area contributed by atoms with E-state index in [0.29, 0.717) is 11.9 Å². The average Bonchev–Trinajstić information content (AvgIpc) is 2.34. The van der Waals surface area contributed by atoms with Crippen LogP contribution >= 0.6 is 0 Å². The van der Waals surface area contributed by atoms with Crippen LogP contribution in [0.1, 0.15) is 20.3 Å². The van der Waals surface area contributed by atoms with Gasteiger partial charge in [0.1, 0.15) is 0 Å². The minimum atomic E-state index is 0.361. The van der Waals surface area contributed by atoms with Crippen molar-refractivity contribution in [1.29, 1.82) is 0 Å². The first-order valence-corrected chi connectivity index (χ1v) is 3.37. The molecule has 0 bridgehead atoms. The summed E-state index contributed by atoms with van der Waals surface area (Å²) >= 11 is 0. The highest BCUT2D eigenvalue weighted by Crippen LogP contribution is 2.18. The summed E-state index contributed by atoms with van der Waals surface area (Å²) in [7, 11) is 0. The van der Waals surface area contributed by atoms with Gasteiger partial charge >= 0.3 is 0 Å². The second kappa shape index (κ2) is 2.79. The third-order valence-corrected chi connectivity index (χ3v) is 1.54. The first kappa shape index (κ1) is 7.21. The number of hydrogen-bond donors (Lipinski definition) is 1. The van der Waals surface area contributed by atoms with Gasteiger partial charge in [-0.05, 0) is 13.3 Å². The Morgan fingerprint density at radius 2 is 2.60 bits per heavy atom. The molecule has 2 N–H and O–H groups in total. The Hall–Kier alpha value is -0.900. The zero-order valence-corrected chi connectivity index (χ0v) is 6.24. The maximum atomic E-state index is 5.32. The fourth-order valence-electron chi connectivity index (χ4n) is 0.667. The van der Waals surface area contributed by atoms with Gasteiger partial charge in [-0.3, -0.25) is 0 Å². The van der Waals surface area contributed by atoms with Crippen LogP contribution in [0, 0.1) is 0 Å². The molecule has 1 unspecified atom stereocenters. The molecule has 1 rings (SSSR count). The van der Waals surface area contributed by atoms with E-state index in [-0.39, 0.29) is 0 Å². The number of rotatable bonds is 2. The van der Waals surface area contributed by atoms with Crippen molar-refractivity contribution < 1.29 is 4.84 Å². The van der Waals surface area contributed by atoms with Crippen molar-refractivity contribution in [2.24, 2.45) is 5.73 Å². The highest BCUT2D eigenvalue weighted by atomic mass is 16.7. The first-order chi connectivity index (χ1) is 4.74. The molecule has 0 aromatic rings. The minimum absolute atomic E-state index is 0.361. The van der Waals surface area contributed by atoms with Gasteiger partial charge < -0.3 is 21.2 Å². The Morgan fingerprint density at radius 3 is 3.00 bits per heavy atom. The van der Waals surface area contributed by atoms with Crippen LogP contribution in [0.15, 0.2) is 12.1 Å². The molecule has 10 heavy (non-hydrogen) atoms. The molecule has 0 aromatic carbocycles. The molecular weight excluding hydrogens is 130 g/mol. The molecule has 1 aliphatic rings. The summed E-state index contributed by atoms with van der Waals surface area (Å²) in [6.45, 7) is 4.14. The van der Waals surface area contributed by atoms with E-state index in [9.17, 15) is 0 Å². The molecule has 58 valence electrons. The lowest BCUT2D eigenvalue weighted by Gasteiger charge is -2.33. The van der Waals surface area contributed by atoms with Gasteiger partial charge in [0.2, 0.25) is 0 Å². The molecule has 1 atom stereocenters. The van der Waals surface area contributed by atoms with Crippen LogP contribution in [0.5, 0.6) is 0 Å². The summed E-state index contributed by atoms with van der Waals surface area (Å²) < 4.78 is 0. The van der Waals surface area contributed by atoms with Crippen molar-refractivity contribution in [3.8, 4) is 0 Å². The molecule has 0 radical (unpaired) electrons. The molecule has 4 nitrogen and oxygen atoms in total. The van der Waals surface area contributed by atoms with E-state index >= 15 is 0 Å². The van der Waals surface area contributed by atoms with Crippen molar-refractivity contribution in [3.63, 3.8) is 0 Å². The zero-order chi connectivity index (χ0) is 7.56. The SMILES string of the molecule is CCC(C)N1C=C(N)O[N-]1. The lowest BCUT2D eigenvalue weighted by atomic mass is 10.2. The van der Waals surface area contributed by atoms with Crippen LogP contribution in [-0.4, -0.2) is 11.1 Å². The van der Waals surface area contributed by atoms with Crippen LogP contribution in [-0.2, 0) is 4.84 Å². The van der Waals surface area contributed by atoms with Gasteiger partial charge in [0.15, 0.2) is 5.88 Å². The molecule has 1 heterocycles. The maximum Gasteiger partial charge on any atom is 0.185 e. The largest absolute Gasteiger partial charge is 0.557 e. The van der Waals surface area contributed by atoms with E-state index in [4.69, 9.17) is 5.73 Å². The summed E-state index contributed by atoms with van der Waals surface area (Å²) in [5.74, 6) is 0.361. The average molecular weight is 142 g/mol. The Bertz CT molecular complexity index is 146. The van der Waals surface area contributed by atoms with Crippen LogP contribution in [0.2, 0.25) is 0 Å². The van der Waals surface area contributed by atoms with Crippen LogP contribution in [0.4, 0.5) is 0 Å². The van der Waals surface area contributed by atoms with E-state index in [2.05, 4.69) is 24.3 Å². The van der Waals surface area contributed by atoms with E-state index < -0.39 is 0 Å². The fourth-order valence-corrected chi connectivity index (χ4v) is 0.667. The van der Waals surface area contributed by atoms with Crippen molar-refractivity contribution in [2.75, 3.05) is 0 Å². The molecule has 0 saturated carbocycles. The number of nitrogens with two attached hydrogens (primary N) is 1. The van der Waals surface area contributed by atoms with Gasteiger partial charge in [0.25, 0.3) is 0 Å². The lowest BCUT2D eigenvalue weighted by molar-refractivity contribution is 0.219. The van der Waals surface area contributed by atoms with E-state index in [0.717, 1.165) is 6.42 Å². The van der Waals surface area contributed by atoms with Crippen molar-refractivity contribution in [1.82, 2.24) is 5.01 Å². The van der Waals surface area contributed by atoms with Gasteiger partial charge in [-0.15, -0.1) is 0 Å². The summed E-state index contributed by atoms with van der Waals surface area (Å²) in [6.07, 6.45) is 2.71. The Balaban J connectivity index is 2.44. The van der Waals surface area contributed by atoms with Crippen LogP contribution in [0.25, 0.3) is 5.59 Å². The van der Waals surface area contributed by atoms with Crippen molar-refractivity contribution >= 4 is 0 Å². The molecular formula is C6H12N3O-. The normalized spacial score (nSPS) is 20.2. The summed E-state index contributed by atoms with van der Waals surface area (Å²) in [5, 5.41) is 1.72. The predicted molar refractivity (Wildman–Crippen MR) is 38.3 cm³/mol. The van der Waals surface area contributed by atoms with E-state index in [1.165, 1.54) is 0 Å². The van der Waals surface area contributed by atoms with Gasteiger partial charge in [0.05, 0.1) is 0 Å². The van der Waals surface area contributed by atoms with Crippen LogP contribution in [0.3, 0.4) is 0 Å².